The van der Waals surface area contributed by atoms with Crippen LogP contribution in [0.1, 0.15) is 0 Å². The van der Waals surface area contributed by atoms with Crippen molar-refractivity contribution in [2.24, 2.45) is 0 Å². The van der Waals surface area contributed by atoms with Gasteiger partial charge in [0.25, 0.3) is 0 Å². The molecule has 8 aromatic carbocycles. The summed E-state index contributed by atoms with van der Waals surface area (Å²) >= 11 is 0. The van der Waals surface area contributed by atoms with E-state index in [0.717, 1.165) is 89.8 Å². The van der Waals surface area contributed by atoms with Crippen LogP contribution in [0.5, 0.6) is 0 Å². The van der Waals surface area contributed by atoms with Crippen LogP contribution in [0.3, 0.4) is 0 Å². The summed E-state index contributed by atoms with van der Waals surface area (Å²) < 4.78 is 2.26. The highest BCUT2D eigenvalue weighted by Crippen LogP contribution is 2.36. The topological polar surface area (TPSA) is 43.6 Å². The van der Waals surface area contributed by atoms with Crippen molar-refractivity contribution >= 4 is 29.5 Å². The van der Waals surface area contributed by atoms with Crippen LogP contribution in [0.15, 0.2) is 206 Å². The molecule has 0 saturated heterocycles. The molecule has 0 aliphatic carbocycles. The first-order valence-electron chi connectivity index (χ1n) is 20.5. The maximum atomic E-state index is 5.38. The van der Waals surface area contributed by atoms with Gasteiger partial charge in [-0.05, 0) is 97.8 Å². The third kappa shape index (κ3) is 6.10. The highest BCUT2D eigenvalue weighted by atomic mass is 28.3. The van der Waals surface area contributed by atoms with Crippen LogP contribution in [0.2, 0.25) is 13.1 Å². The fraction of sp³-hybridized carbons (Fsp3) is 0.0364. The van der Waals surface area contributed by atoms with Gasteiger partial charge in [-0.25, -0.2) is 15.0 Å². The van der Waals surface area contributed by atoms with E-state index in [1.54, 1.807) is 0 Å². The zero-order valence-corrected chi connectivity index (χ0v) is 34.4. The first-order valence-corrected chi connectivity index (χ1v) is 23.5. The highest BCUT2D eigenvalue weighted by molar-refractivity contribution is 7.04. The molecule has 0 spiro atoms. The molecule has 4 nitrogen and oxygen atoms in total. The van der Waals surface area contributed by atoms with E-state index in [1.165, 1.54) is 15.9 Å². The number of aromatic nitrogens is 4. The van der Waals surface area contributed by atoms with Crippen LogP contribution in [-0.4, -0.2) is 27.6 Å². The van der Waals surface area contributed by atoms with E-state index in [4.69, 9.17) is 15.0 Å². The number of para-hydroxylation sites is 3. The smallest absolute Gasteiger partial charge is 0.160 e. The molecule has 0 saturated carbocycles. The van der Waals surface area contributed by atoms with Crippen LogP contribution in [0.25, 0.3) is 95.4 Å². The molecule has 0 N–H and O–H groups in total. The summed E-state index contributed by atoms with van der Waals surface area (Å²) in [5.74, 6) is 1.67. The van der Waals surface area contributed by atoms with Gasteiger partial charge in [-0.1, -0.05) is 171 Å². The molecule has 11 rings (SSSR count). The van der Waals surface area contributed by atoms with E-state index in [2.05, 4.69) is 218 Å². The van der Waals surface area contributed by atoms with Gasteiger partial charge < -0.3 is 0 Å². The molecule has 60 heavy (non-hydrogen) atoms. The van der Waals surface area contributed by atoms with Crippen molar-refractivity contribution in [1.82, 2.24) is 19.5 Å². The fourth-order valence-corrected chi connectivity index (χ4v) is 12.3. The molecular formula is C55H40N4Si. The molecule has 0 radical (unpaired) electrons. The van der Waals surface area contributed by atoms with E-state index < -0.39 is 8.07 Å². The number of hydrogen-bond acceptors (Lipinski definition) is 3. The number of hydrogen-bond donors (Lipinski definition) is 0. The van der Waals surface area contributed by atoms with E-state index in [-0.39, 0.29) is 0 Å². The lowest BCUT2D eigenvalue weighted by atomic mass is 9.95. The SMILES string of the molecule is C[Si]1(C)c2ccccc2-c2nc(-c3cccc(-c4cccc(-c5cccc(-c6cccc(-c7nc8ccccc8n7-c7ccccc7)c6)c5)c4)c3)nc(-c3ccccc3)c21. The Morgan fingerprint density at radius 3 is 1.50 bits per heavy atom. The van der Waals surface area contributed by atoms with E-state index in [9.17, 15) is 0 Å². The summed E-state index contributed by atoms with van der Waals surface area (Å²) in [6.07, 6.45) is 0. The van der Waals surface area contributed by atoms with Crippen LogP contribution < -0.4 is 10.4 Å². The van der Waals surface area contributed by atoms with Crippen LogP contribution in [0.4, 0.5) is 0 Å². The number of nitrogens with zero attached hydrogens (tertiary/aromatic N) is 4. The van der Waals surface area contributed by atoms with Gasteiger partial charge in [-0.15, -0.1) is 0 Å². The maximum absolute atomic E-state index is 5.38. The molecule has 1 aliphatic rings. The number of fused-ring (bicyclic) bond motifs is 4. The minimum absolute atomic E-state index is 0.751. The Morgan fingerprint density at radius 1 is 0.383 bits per heavy atom. The summed E-state index contributed by atoms with van der Waals surface area (Å²) in [7, 11) is -2.03. The monoisotopic (exact) mass is 784 g/mol. The lowest BCUT2D eigenvalue weighted by Crippen LogP contribution is -2.50. The predicted octanol–water partition coefficient (Wildman–Crippen LogP) is 12.6. The second-order valence-electron chi connectivity index (χ2n) is 16.1. The Balaban J connectivity index is 0.948. The largest absolute Gasteiger partial charge is 0.292 e. The van der Waals surface area contributed by atoms with E-state index in [1.807, 2.05) is 6.07 Å². The standard InChI is InChI=1S/C55H40N4Si/c1-60(2)50-32-12-9-29-47(50)52-53(60)51(37-17-5-3-6-18-37)57-54(58-52)44-25-15-23-42(35-44)40-21-13-19-38(33-40)39-20-14-22-41(34-39)43-24-16-26-45(36-43)55-56-48-30-10-11-31-49(48)59(55)46-27-7-4-8-28-46/h3-36H,1-2H3. The van der Waals surface area contributed by atoms with Crippen molar-refractivity contribution in [2.75, 3.05) is 0 Å². The highest BCUT2D eigenvalue weighted by Gasteiger charge is 2.41. The summed E-state index contributed by atoms with van der Waals surface area (Å²) in [5, 5.41) is 2.75. The molecule has 0 bridgehead atoms. The van der Waals surface area contributed by atoms with Crippen molar-refractivity contribution in [1.29, 1.82) is 0 Å². The number of rotatable bonds is 7. The van der Waals surface area contributed by atoms with Crippen molar-refractivity contribution in [2.45, 2.75) is 13.1 Å². The third-order valence-corrected chi connectivity index (χ3v) is 15.5. The maximum Gasteiger partial charge on any atom is 0.160 e. The van der Waals surface area contributed by atoms with Crippen LogP contribution in [-0.2, 0) is 0 Å². The molecule has 0 amide bonds. The zero-order valence-electron chi connectivity index (χ0n) is 33.4. The second-order valence-corrected chi connectivity index (χ2v) is 20.4. The number of imidazole rings is 1. The molecule has 10 aromatic rings. The normalized spacial score (nSPS) is 12.6. The van der Waals surface area contributed by atoms with Crippen molar-refractivity contribution in [3.8, 4) is 84.4 Å². The molecule has 5 heteroatoms. The second kappa shape index (κ2) is 14.4. The minimum Gasteiger partial charge on any atom is -0.292 e. The zero-order chi connectivity index (χ0) is 40.2. The number of benzene rings is 8. The van der Waals surface area contributed by atoms with Gasteiger partial charge in [-0.3, -0.25) is 4.57 Å². The van der Waals surface area contributed by atoms with Gasteiger partial charge in [0.05, 0.1) is 22.4 Å². The Morgan fingerprint density at radius 2 is 0.850 bits per heavy atom. The molecular weight excluding hydrogens is 745 g/mol. The average molecular weight is 785 g/mol. The lowest BCUT2D eigenvalue weighted by Gasteiger charge is -2.21. The minimum atomic E-state index is -2.03. The van der Waals surface area contributed by atoms with Crippen molar-refractivity contribution in [3.05, 3.63) is 206 Å². The summed E-state index contributed by atoms with van der Waals surface area (Å²) in [6, 6.07) is 73.4. The molecule has 0 fully saturated rings. The Hall–Kier alpha value is -7.47. The Labute approximate surface area is 351 Å². The van der Waals surface area contributed by atoms with Crippen molar-refractivity contribution in [3.63, 3.8) is 0 Å². The van der Waals surface area contributed by atoms with E-state index in [0.29, 0.717) is 0 Å². The van der Waals surface area contributed by atoms with E-state index >= 15 is 0 Å². The van der Waals surface area contributed by atoms with Gasteiger partial charge in [0.2, 0.25) is 0 Å². The van der Waals surface area contributed by atoms with Gasteiger partial charge >= 0.3 is 0 Å². The quantitative estimate of drug-likeness (QED) is 0.151. The molecule has 3 heterocycles. The Kier molecular flexibility index (Phi) is 8.57. The van der Waals surface area contributed by atoms with Crippen LogP contribution >= 0.6 is 0 Å². The van der Waals surface area contributed by atoms with Gasteiger partial charge in [0, 0.05) is 22.4 Å². The first-order chi connectivity index (χ1) is 29.5. The first kappa shape index (κ1) is 35.7. The van der Waals surface area contributed by atoms with Gasteiger partial charge in [0.1, 0.15) is 13.9 Å². The molecule has 1 aliphatic heterocycles. The molecule has 2 aromatic heterocycles. The summed E-state index contributed by atoms with van der Waals surface area (Å²) in [6.45, 7) is 4.86. The third-order valence-electron chi connectivity index (χ3n) is 12.0. The molecule has 284 valence electrons. The van der Waals surface area contributed by atoms with Gasteiger partial charge in [-0.2, -0.15) is 0 Å². The van der Waals surface area contributed by atoms with Crippen LogP contribution in [0, 0.1) is 0 Å². The predicted molar refractivity (Wildman–Crippen MR) is 251 cm³/mol. The van der Waals surface area contributed by atoms with Crippen molar-refractivity contribution < 1.29 is 0 Å². The molecule has 0 unspecified atom stereocenters. The molecule has 0 atom stereocenters. The lowest BCUT2D eigenvalue weighted by molar-refractivity contribution is 1.10. The average Bonchev–Trinajstić information content (AvgIpc) is 3.82. The van der Waals surface area contributed by atoms with Gasteiger partial charge in [0.15, 0.2) is 5.82 Å². The Bertz CT molecular complexity index is 3240. The fourth-order valence-electron chi connectivity index (χ4n) is 9.04. The summed E-state index contributed by atoms with van der Waals surface area (Å²) in [4.78, 5) is 15.9. The summed E-state index contributed by atoms with van der Waals surface area (Å²) in [5.41, 5.74) is 16.6.